The van der Waals surface area contributed by atoms with Crippen LogP contribution in [-0.4, -0.2) is 22.5 Å². The molecule has 0 saturated heterocycles. The van der Waals surface area contributed by atoms with Gasteiger partial charge in [-0.2, -0.15) is 0 Å². The molecule has 34 heavy (non-hydrogen) atoms. The number of rotatable bonds is 6. The third kappa shape index (κ3) is 7.05. The second kappa shape index (κ2) is 10.4. The third-order valence-electron chi connectivity index (χ3n) is 4.62. The van der Waals surface area contributed by atoms with E-state index >= 15 is 0 Å². The minimum atomic E-state index is -0.581. The van der Waals surface area contributed by atoms with Gasteiger partial charge in [0.1, 0.15) is 5.60 Å². The number of nitrogens with one attached hydrogen (secondary N) is 2. The van der Waals surface area contributed by atoms with Crippen molar-refractivity contribution in [2.24, 2.45) is 0 Å². The summed E-state index contributed by atoms with van der Waals surface area (Å²) in [4.78, 5) is 34.8. The minimum absolute atomic E-state index is 0.0278. The van der Waals surface area contributed by atoms with Crippen molar-refractivity contribution in [1.29, 1.82) is 0 Å². The molecule has 0 aliphatic carbocycles. The molecular formula is C25H24ClN3O5. The summed E-state index contributed by atoms with van der Waals surface area (Å²) in [5.41, 5.74) is 2.47. The summed E-state index contributed by atoms with van der Waals surface area (Å²) in [5, 5.41) is 16.5. The van der Waals surface area contributed by atoms with Crippen LogP contribution >= 0.6 is 11.6 Å². The fourth-order valence-corrected chi connectivity index (χ4v) is 3.27. The first-order valence-electron chi connectivity index (χ1n) is 10.4. The van der Waals surface area contributed by atoms with Gasteiger partial charge in [-0.1, -0.05) is 35.9 Å². The highest BCUT2D eigenvalue weighted by Gasteiger charge is 2.17. The summed E-state index contributed by atoms with van der Waals surface area (Å²) < 4.78 is 5.24. The molecule has 9 heteroatoms. The largest absolute Gasteiger partial charge is 0.444 e. The first kappa shape index (κ1) is 24.7. The number of nitro benzene ring substituents is 1. The van der Waals surface area contributed by atoms with Crippen molar-refractivity contribution in [3.05, 3.63) is 98.6 Å². The van der Waals surface area contributed by atoms with Crippen molar-refractivity contribution in [2.45, 2.75) is 32.8 Å². The van der Waals surface area contributed by atoms with Gasteiger partial charge in [0.25, 0.3) is 11.6 Å². The smallest absolute Gasteiger partial charge is 0.412 e. The lowest BCUT2D eigenvalue weighted by atomic mass is 10.0. The van der Waals surface area contributed by atoms with E-state index in [1.807, 2.05) is 24.3 Å². The number of nitrogens with zero attached hydrogens (tertiary/aromatic N) is 1. The van der Waals surface area contributed by atoms with Crippen LogP contribution in [0.15, 0.2) is 66.7 Å². The van der Waals surface area contributed by atoms with Crippen molar-refractivity contribution in [3.8, 4) is 0 Å². The van der Waals surface area contributed by atoms with Gasteiger partial charge in [-0.25, -0.2) is 4.79 Å². The minimum Gasteiger partial charge on any atom is -0.444 e. The standard InChI is InChI=1S/C25H24ClN3O5/c1-25(2,3)34-24(31)28-19-10-6-17(7-11-19)14-16-4-8-18(9-5-16)27-23(30)21-15-20(29(32)33)12-13-22(21)26/h4-13,15H,14H2,1-3H3,(H,27,30)(H,28,31). The number of carbonyl (C=O) groups excluding carboxylic acids is 2. The normalized spacial score (nSPS) is 10.9. The number of hydrogen-bond acceptors (Lipinski definition) is 5. The van der Waals surface area contributed by atoms with E-state index in [1.165, 1.54) is 12.1 Å². The van der Waals surface area contributed by atoms with Gasteiger partial charge in [-0.3, -0.25) is 20.2 Å². The summed E-state index contributed by atoms with van der Waals surface area (Å²) in [7, 11) is 0. The number of non-ortho nitro benzene ring substituents is 1. The Kier molecular flexibility index (Phi) is 7.53. The van der Waals surface area contributed by atoms with Gasteiger partial charge in [0.2, 0.25) is 0 Å². The molecule has 0 heterocycles. The fourth-order valence-electron chi connectivity index (χ4n) is 3.07. The summed E-state index contributed by atoms with van der Waals surface area (Å²) in [5.74, 6) is -0.533. The number of halogens is 1. The lowest BCUT2D eigenvalue weighted by Crippen LogP contribution is -2.27. The van der Waals surface area contributed by atoms with Crippen molar-refractivity contribution >= 4 is 40.7 Å². The quantitative estimate of drug-likeness (QED) is 0.311. The van der Waals surface area contributed by atoms with E-state index in [-0.39, 0.29) is 16.3 Å². The molecule has 0 fully saturated rings. The van der Waals surface area contributed by atoms with Gasteiger partial charge in [0.05, 0.1) is 15.5 Å². The van der Waals surface area contributed by atoms with E-state index < -0.39 is 22.5 Å². The zero-order valence-electron chi connectivity index (χ0n) is 18.9. The Labute approximate surface area is 202 Å². The van der Waals surface area contributed by atoms with Crippen LogP contribution < -0.4 is 10.6 Å². The molecule has 2 N–H and O–H groups in total. The molecule has 0 unspecified atom stereocenters. The lowest BCUT2D eigenvalue weighted by molar-refractivity contribution is -0.384. The van der Waals surface area contributed by atoms with Crippen LogP contribution in [0.3, 0.4) is 0 Å². The third-order valence-corrected chi connectivity index (χ3v) is 4.95. The van der Waals surface area contributed by atoms with E-state index in [4.69, 9.17) is 16.3 Å². The highest BCUT2D eigenvalue weighted by Crippen LogP contribution is 2.24. The number of carbonyl (C=O) groups is 2. The maximum atomic E-state index is 12.5. The van der Waals surface area contributed by atoms with Crippen LogP contribution in [0.5, 0.6) is 0 Å². The van der Waals surface area contributed by atoms with E-state index in [0.717, 1.165) is 17.2 Å². The van der Waals surface area contributed by atoms with Crippen LogP contribution in [0.1, 0.15) is 42.3 Å². The zero-order valence-corrected chi connectivity index (χ0v) is 19.7. The van der Waals surface area contributed by atoms with E-state index in [9.17, 15) is 19.7 Å². The van der Waals surface area contributed by atoms with Gasteiger partial charge < -0.3 is 10.1 Å². The highest BCUT2D eigenvalue weighted by atomic mass is 35.5. The Hall–Kier alpha value is -3.91. The molecule has 8 nitrogen and oxygen atoms in total. The molecular weight excluding hydrogens is 458 g/mol. The maximum Gasteiger partial charge on any atom is 0.412 e. The van der Waals surface area contributed by atoms with Gasteiger partial charge in [-0.05, 0) is 68.7 Å². The monoisotopic (exact) mass is 481 g/mol. The molecule has 0 bridgehead atoms. The fraction of sp³-hybridized carbons (Fsp3) is 0.200. The first-order chi connectivity index (χ1) is 16.0. The van der Waals surface area contributed by atoms with E-state index in [0.29, 0.717) is 17.8 Å². The molecule has 3 rings (SSSR count). The molecule has 0 spiro atoms. The first-order valence-corrected chi connectivity index (χ1v) is 10.8. The lowest BCUT2D eigenvalue weighted by Gasteiger charge is -2.19. The SMILES string of the molecule is CC(C)(C)OC(=O)Nc1ccc(Cc2ccc(NC(=O)c3cc([N+](=O)[O-])ccc3Cl)cc2)cc1. The van der Waals surface area contributed by atoms with Crippen molar-refractivity contribution in [3.63, 3.8) is 0 Å². The number of ether oxygens (including phenoxy) is 1. The molecule has 176 valence electrons. The number of benzene rings is 3. The molecule has 0 aliphatic rings. The summed E-state index contributed by atoms with van der Waals surface area (Å²) in [6.07, 6.45) is 0.141. The van der Waals surface area contributed by atoms with Crippen LogP contribution in [0.25, 0.3) is 0 Å². The Morgan fingerprint density at radius 3 is 1.94 bits per heavy atom. The van der Waals surface area contributed by atoms with Gasteiger partial charge in [0.15, 0.2) is 0 Å². The molecule has 3 aromatic carbocycles. The Balaban J connectivity index is 1.60. The van der Waals surface area contributed by atoms with E-state index in [2.05, 4.69) is 10.6 Å². The van der Waals surface area contributed by atoms with E-state index in [1.54, 1.807) is 45.0 Å². The number of amides is 2. The average Bonchev–Trinajstić information content (AvgIpc) is 2.75. The summed E-state index contributed by atoms with van der Waals surface area (Å²) >= 11 is 6.03. The molecule has 2 amide bonds. The molecule has 0 saturated carbocycles. The number of hydrogen-bond donors (Lipinski definition) is 2. The predicted octanol–water partition coefficient (Wildman–Crippen LogP) is 6.44. The maximum absolute atomic E-state index is 12.5. The number of anilines is 2. The molecule has 0 aliphatic heterocycles. The van der Waals surface area contributed by atoms with Crippen molar-refractivity contribution in [2.75, 3.05) is 10.6 Å². The molecule has 3 aromatic rings. The van der Waals surface area contributed by atoms with Crippen molar-refractivity contribution < 1.29 is 19.2 Å². The Bertz CT molecular complexity index is 1200. The van der Waals surface area contributed by atoms with Gasteiger partial charge in [0, 0.05) is 23.5 Å². The van der Waals surface area contributed by atoms with Gasteiger partial charge in [-0.15, -0.1) is 0 Å². The Morgan fingerprint density at radius 1 is 0.912 bits per heavy atom. The summed E-state index contributed by atoms with van der Waals surface area (Å²) in [6, 6.07) is 18.4. The van der Waals surface area contributed by atoms with Crippen LogP contribution in [0.4, 0.5) is 21.9 Å². The predicted molar refractivity (Wildman–Crippen MR) is 132 cm³/mol. The van der Waals surface area contributed by atoms with Gasteiger partial charge >= 0.3 is 6.09 Å². The second-order valence-corrected chi connectivity index (χ2v) is 8.98. The second-order valence-electron chi connectivity index (χ2n) is 8.57. The zero-order chi connectivity index (χ0) is 24.9. The summed E-state index contributed by atoms with van der Waals surface area (Å²) in [6.45, 7) is 5.40. The molecule has 0 aromatic heterocycles. The number of nitro groups is 1. The van der Waals surface area contributed by atoms with Crippen molar-refractivity contribution in [1.82, 2.24) is 0 Å². The van der Waals surface area contributed by atoms with Crippen LogP contribution in [0, 0.1) is 10.1 Å². The van der Waals surface area contributed by atoms with Crippen LogP contribution in [0.2, 0.25) is 5.02 Å². The highest BCUT2D eigenvalue weighted by molar-refractivity contribution is 6.34. The topological polar surface area (TPSA) is 111 Å². The molecule has 0 atom stereocenters. The Morgan fingerprint density at radius 2 is 1.44 bits per heavy atom. The molecule has 0 radical (unpaired) electrons. The van der Waals surface area contributed by atoms with Crippen LogP contribution in [-0.2, 0) is 11.2 Å². The average molecular weight is 482 g/mol.